The number of carbonyl (C=O) groups excluding carboxylic acids is 1. The number of aromatic nitrogens is 1. The number of nitrogens with zero attached hydrogens (tertiary/aromatic N) is 4. The number of hydrogen-bond acceptors (Lipinski definition) is 3. The second-order valence-corrected chi connectivity index (χ2v) is 7.89. The van der Waals surface area contributed by atoms with Crippen LogP contribution in [0.25, 0.3) is 11.8 Å². The molecule has 0 N–H and O–H groups in total. The van der Waals surface area contributed by atoms with Crippen molar-refractivity contribution in [1.82, 2.24) is 4.90 Å². The number of halogens is 1. The largest absolute Gasteiger partial charge is 1.00 e. The number of hydrogen-bond donors (Lipinski definition) is 0. The van der Waals surface area contributed by atoms with Crippen molar-refractivity contribution < 1.29 is 21.8 Å². The summed E-state index contributed by atoms with van der Waals surface area (Å²) in [4.78, 5) is 18.5. The first-order valence-electron chi connectivity index (χ1n) is 10.7. The van der Waals surface area contributed by atoms with E-state index in [1.807, 2.05) is 67.1 Å². The van der Waals surface area contributed by atoms with E-state index < -0.39 is 0 Å². The Hall–Kier alpha value is -3.15. The van der Waals surface area contributed by atoms with Gasteiger partial charge in [-0.25, -0.2) is 0 Å². The third-order valence-corrected chi connectivity index (χ3v) is 5.66. The lowest BCUT2D eigenvalue weighted by Gasteiger charge is -2.33. The highest BCUT2D eigenvalue weighted by molar-refractivity contribution is 5.94. The molecular formula is C26H29ClN4O. The maximum Gasteiger partial charge on any atom is 0.227 e. The number of rotatable bonds is 5. The van der Waals surface area contributed by atoms with E-state index in [2.05, 4.69) is 45.7 Å². The van der Waals surface area contributed by atoms with E-state index in [-0.39, 0.29) is 18.3 Å². The summed E-state index contributed by atoms with van der Waals surface area (Å²) in [5.74, 6) is -0.0196. The fourth-order valence-corrected chi connectivity index (χ4v) is 3.74. The van der Waals surface area contributed by atoms with E-state index in [9.17, 15) is 4.79 Å². The van der Waals surface area contributed by atoms with Gasteiger partial charge in [-0.1, -0.05) is 18.2 Å². The van der Waals surface area contributed by atoms with E-state index >= 15 is 0 Å². The molecule has 0 saturated carbocycles. The van der Waals surface area contributed by atoms with Gasteiger partial charge in [0.1, 0.15) is 0 Å². The second kappa shape index (κ2) is 10.9. The van der Waals surface area contributed by atoms with Crippen LogP contribution in [0.15, 0.2) is 85.3 Å². The molecule has 4 rings (SSSR count). The van der Waals surface area contributed by atoms with Crippen LogP contribution in [0.1, 0.15) is 12.5 Å². The van der Waals surface area contributed by atoms with Crippen LogP contribution in [-0.2, 0) is 4.79 Å². The summed E-state index contributed by atoms with van der Waals surface area (Å²) < 4.78 is 2.10. The molecule has 0 atom stereocenters. The van der Waals surface area contributed by atoms with Gasteiger partial charge < -0.3 is 22.2 Å². The van der Waals surface area contributed by atoms with Gasteiger partial charge in [-0.3, -0.25) is 9.69 Å². The Morgan fingerprint density at radius 2 is 1.53 bits per heavy atom. The zero-order valence-corrected chi connectivity index (χ0v) is 19.3. The lowest BCUT2D eigenvalue weighted by Crippen LogP contribution is -3.00. The minimum atomic E-state index is -0.0196. The molecule has 0 unspecified atom stereocenters. The van der Waals surface area contributed by atoms with Crippen LogP contribution in [0.3, 0.4) is 0 Å². The normalized spacial score (nSPS) is 14.2. The van der Waals surface area contributed by atoms with Crippen molar-refractivity contribution in [2.45, 2.75) is 6.92 Å². The van der Waals surface area contributed by atoms with Crippen LogP contribution in [0.4, 0.5) is 11.4 Å². The summed E-state index contributed by atoms with van der Waals surface area (Å²) in [6.07, 6.45) is 7.87. The molecule has 3 aromatic rings. The summed E-state index contributed by atoms with van der Waals surface area (Å²) >= 11 is 0. The first-order chi connectivity index (χ1) is 15.1. The maximum atomic E-state index is 12.0. The molecule has 1 aliphatic heterocycles. The SMILES string of the molecule is CC(=O)N(C=Cc1cc[n+](-c2ccc(N3CCN(C)CC3)cc2)cc1)c1ccccc1.[Cl-]. The molecule has 1 saturated heterocycles. The molecule has 2 aromatic carbocycles. The highest BCUT2D eigenvalue weighted by Gasteiger charge is 2.15. The second-order valence-electron chi connectivity index (χ2n) is 7.89. The van der Waals surface area contributed by atoms with Gasteiger partial charge in [0.15, 0.2) is 12.4 Å². The molecule has 166 valence electrons. The Labute approximate surface area is 196 Å². The van der Waals surface area contributed by atoms with Gasteiger partial charge in [-0.15, -0.1) is 0 Å². The summed E-state index contributed by atoms with van der Waals surface area (Å²) in [6.45, 7) is 5.93. The highest BCUT2D eigenvalue weighted by atomic mass is 35.5. The molecule has 1 aromatic heterocycles. The Bertz CT molecular complexity index is 1030. The van der Waals surface area contributed by atoms with Crippen LogP contribution in [0.2, 0.25) is 0 Å². The van der Waals surface area contributed by atoms with Gasteiger partial charge in [0.2, 0.25) is 11.6 Å². The average Bonchev–Trinajstić information content (AvgIpc) is 2.81. The van der Waals surface area contributed by atoms with Crippen LogP contribution in [0.5, 0.6) is 0 Å². The number of benzene rings is 2. The Balaban J connectivity index is 0.00000289. The zero-order chi connectivity index (χ0) is 21.6. The Morgan fingerprint density at radius 3 is 2.12 bits per heavy atom. The van der Waals surface area contributed by atoms with Crippen LogP contribution in [-0.4, -0.2) is 44.0 Å². The van der Waals surface area contributed by atoms with E-state index in [1.165, 1.54) is 5.69 Å². The monoisotopic (exact) mass is 448 g/mol. The molecule has 5 nitrogen and oxygen atoms in total. The summed E-state index contributed by atoms with van der Waals surface area (Å²) in [5, 5.41) is 0. The number of para-hydroxylation sites is 1. The van der Waals surface area contributed by atoms with E-state index in [4.69, 9.17) is 0 Å². The predicted molar refractivity (Wildman–Crippen MR) is 126 cm³/mol. The van der Waals surface area contributed by atoms with Crippen molar-refractivity contribution in [1.29, 1.82) is 0 Å². The fourth-order valence-electron chi connectivity index (χ4n) is 3.74. The first-order valence-corrected chi connectivity index (χ1v) is 10.7. The zero-order valence-electron chi connectivity index (χ0n) is 18.6. The molecular weight excluding hydrogens is 420 g/mol. The lowest BCUT2D eigenvalue weighted by atomic mass is 10.2. The minimum absolute atomic E-state index is 0. The van der Waals surface area contributed by atoms with E-state index in [0.29, 0.717) is 0 Å². The van der Waals surface area contributed by atoms with E-state index in [1.54, 1.807) is 11.8 Å². The van der Waals surface area contributed by atoms with Gasteiger partial charge in [-0.05, 0) is 43.0 Å². The van der Waals surface area contributed by atoms with Crippen molar-refractivity contribution in [3.63, 3.8) is 0 Å². The summed E-state index contributed by atoms with van der Waals surface area (Å²) in [7, 11) is 2.18. The number of anilines is 2. The van der Waals surface area contributed by atoms with Crippen LogP contribution in [0, 0.1) is 0 Å². The van der Waals surface area contributed by atoms with Crippen LogP contribution >= 0.6 is 0 Å². The summed E-state index contributed by atoms with van der Waals surface area (Å²) in [5.41, 5.74) is 4.30. The van der Waals surface area contributed by atoms with Gasteiger partial charge in [0.25, 0.3) is 0 Å². The molecule has 32 heavy (non-hydrogen) atoms. The molecule has 0 bridgehead atoms. The maximum absolute atomic E-state index is 12.0. The van der Waals surface area contributed by atoms with Crippen molar-refractivity contribution >= 4 is 23.4 Å². The fraction of sp³-hybridized carbons (Fsp3) is 0.231. The number of piperazine rings is 1. The van der Waals surface area contributed by atoms with Gasteiger partial charge in [0.05, 0.1) is 0 Å². The lowest BCUT2D eigenvalue weighted by molar-refractivity contribution is -0.595. The highest BCUT2D eigenvalue weighted by Crippen LogP contribution is 2.18. The Kier molecular flexibility index (Phi) is 8.03. The molecule has 1 fully saturated rings. The number of carbonyl (C=O) groups is 1. The molecule has 0 spiro atoms. The smallest absolute Gasteiger partial charge is 0.227 e. The number of likely N-dealkylation sites (N-methyl/N-ethyl adjacent to an activating group) is 1. The van der Waals surface area contributed by atoms with Crippen molar-refractivity contribution in [3.8, 4) is 5.69 Å². The molecule has 6 heteroatoms. The predicted octanol–water partition coefficient (Wildman–Crippen LogP) is 0.743. The number of amides is 1. The van der Waals surface area contributed by atoms with Crippen LogP contribution < -0.4 is 26.8 Å². The molecule has 0 aliphatic carbocycles. The van der Waals surface area contributed by atoms with Gasteiger partial charge >= 0.3 is 0 Å². The Morgan fingerprint density at radius 1 is 0.906 bits per heavy atom. The topological polar surface area (TPSA) is 30.7 Å². The number of pyridine rings is 1. The average molecular weight is 449 g/mol. The first kappa shape index (κ1) is 23.5. The van der Waals surface area contributed by atoms with Gasteiger partial charge in [0, 0.05) is 74.9 Å². The van der Waals surface area contributed by atoms with Crippen molar-refractivity contribution in [2.24, 2.45) is 0 Å². The van der Waals surface area contributed by atoms with E-state index in [0.717, 1.165) is 43.1 Å². The quantitative estimate of drug-likeness (QED) is 0.539. The summed E-state index contributed by atoms with van der Waals surface area (Å²) in [6, 6.07) is 22.5. The molecule has 0 radical (unpaired) electrons. The third kappa shape index (κ3) is 5.75. The standard InChI is InChI=1S/C26H29N4O.ClH/c1-22(31)30(26-6-4-3-5-7-26)17-14-23-12-15-28(16-13-23)24-8-10-25(11-9-24)29-20-18-27(2)19-21-29;/h3-17H,18-21H2,1-2H3;1H/q+1;/p-1. The molecule has 1 amide bonds. The molecule has 2 heterocycles. The molecule has 1 aliphatic rings. The third-order valence-electron chi connectivity index (χ3n) is 5.66. The van der Waals surface area contributed by atoms with Crippen molar-refractivity contribution in [2.75, 3.05) is 43.0 Å². The van der Waals surface area contributed by atoms with Gasteiger partial charge in [-0.2, -0.15) is 4.57 Å². The minimum Gasteiger partial charge on any atom is -1.00 e. The van der Waals surface area contributed by atoms with Crippen molar-refractivity contribution in [3.05, 3.63) is 90.9 Å².